The van der Waals surface area contributed by atoms with Gasteiger partial charge in [0.2, 0.25) is 5.91 Å². The molecule has 25 heavy (non-hydrogen) atoms. The first-order valence-corrected chi connectivity index (χ1v) is 9.24. The number of rotatable bonds is 3. The van der Waals surface area contributed by atoms with Gasteiger partial charge in [0.15, 0.2) is 0 Å². The molecule has 2 aromatic carbocycles. The monoisotopic (exact) mass is 350 g/mol. The molecule has 2 amide bonds. The number of benzene rings is 2. The molecule has 4 nitrogen and oxygen atoms in total. The molecule has 1 atom stereocenters. The SMILES string of the molecule is O=C(Nc1ccc2ccccc2c1)C1CCCN1C(=O)c1cccs1. The van der Waals surface area contributed by atoms with Crippen molar-refractivity contribution in [3.05, 3.63) is 64.9 Å². The molecule has 0 aliphatic carbocycles. The molecule has 3 aromatic rings. The summed E-state index contributed by atoms with van der Waals surface area (Å²) in [6.45, 7) is 0.631. The highest BCUT2D eigenvalue weighted by Crippen LogP contribution is 2.24. The molecule has 1 fully saturated rings. The van der Waals surface area contributed by atoms with Gasteiger partial charge >= 0.3 is 0 Å². The maximum Gasteiger partial charge on any atom is 0.264 e. The van der Waals surface area contributed by atoms with Crippen LogP contribution in [0.2, 0.25) is 0 Å². The zero-order valence-corrected chi connectivity index (χ0v) is 14.5. The summed E-state index contributed by atoms with van der Waals surface area (Å²) in [7, 11) is 0. The summed E-state index contributed by atoms with van der Waals surface area (Å²) in [5.41, 5.74) is 0.763. The lowest BCUT2D eigenvalue weighted by atomic mass is 10.1. The highest BCUT2D eigenvalue weighted by Gasteiger charge is 2.34. The van der Waals surface area contributed by atoms with Gasteiger partial charge in [-0.05, 0) is 47.2 Å². The maximum atomic E-state index is 12.7. The van der Waals surface area contributed by atoms with Crippen LogP contribution in [0.3, 0.4) is 0 Å². The third-order valence-corrected chi connectivity index (χ3v) is 5.42. The average molecular weight is 350 g/mol. The summed E-state index contributed by atoms with van der Waals surface area (Å²) in [5.74, 6) is -0.163. The van der Waals surface area contributed by atoms with Gasteiger partial charge in [-0.1, -0.05) is 36.4 Å². The summed E-state index contributed by atoms with van der Waals surface area (Å²) in [6, 6.07) is 17.2. The van der Waals surface area contributed by atoms with Crippen LogP contribution >= 0.6 is 11.3 Å². The summed E-state index contributed by atoms with van der Waals surface area (Å²) in [6.07, 6.45) is 1.56. The number of nitrogens with one attached hydrogen (secondary N) is 1. The largest absolute Gasteiger partial charge is 0.326 e. The molecule has 0 radical (unpaired) electrons. The summed E-state index contributed by atoms with van der Waals surface area (Å²) in [5, 5.41) is 7.08. The van der Waals surface area contributed by atoms with Gasteiger partial charge in [0.25, 0.3) is 5.91 Å². The third kappa shape index (κ3) is 3.15. The molecule has 126 valence electrons. The van der Waals surface area contributed by atoms with Gasteiger partial charge in [0, 0.05) is 12.2 Å². The molecule has 0 spiro atoms. The van der Waals surface area contributed by atoms with E-state index < -0.39 is 6.04 Å². The number of likely N-dealkylation sites (tertiary alicyclic amines) is 1. The van der Waals surface area contributed by atoms with Crippen molar-refractivity contribution in [2.45, 2.75) is 18.9 Å². The minimum Gasteiger partial charge on any atom is -0.326 e. The van der Waals surface area contributed by atoms with Crippen molar-refractivity contribution in [1.82, 2.24) is 4.90 Å². The fourth-order valence-corrected chi connectivity index (χ4v) is 4.00. The Bertz CT molecular complexity index is 920. The predicted molar refractivity (Wildman–Crippen MR) is 101 cm³/mol. The number of anilines is 1. The molecular weight excluding hydrogens is 332 g/mol. The van der Waals surface area contributed by atoms with Gasteiger partial charge in [0.1, 0.15) is 6.04 Å². The van der Waals surface area contributed by atoms with Crippen molar-refractivity contribution < 1.29 is 9.59 Å². The molecule has 1 aliphatic heterocycles. The second-order valence-corrected chi connectivity index (χ2v) is 7.13. The Kier molecular flexibility index (Phi) is 4.24. The van der Waals surface area contributed by atoms with Crippen LogP contribution in [0.1, 0.15) is 22.5 Å². The molecule has 1 unspecified atom stereocenters. The highest BCUT2D eigenvalue weighted by molar-refractivity contribution is 7.12. The second-order valence-electron chi connectivity index (χ2n) is 6.19. The number of carbonyl (C=O) groups is 2. The first-order chi connectivity index (χ1) is 12.2. The molecule has 1 aliphatic rings. The number of carbonyl (C=O) groups excluding carboxylic acids is 2. The minimum atomic E-state index is -0.402. The van der Waals surface area contributed by atoms with Gasteiger partial charge in [-0.2, -0.15) is 0 Å². The van der Waals surface area contributed by atoms with E-state index in [1.165, 1.54) is 11.3 Å². The smallest absolute Gasteiger partial charge is 0.264 e. The van der Waals surface area contributed by atoms with Crippen LogP contribution in [-0.2, 0) is 4.79 Å². The number of thiophene rings is 1. The zero-order chi connectivity index (χ0) is 17.2. The van der Waals surface area contributed by atoms with E-state index >= 15 is 0 Å². The van der Waals surface area contributed by atoms with E-state index in [4.69, 9.17) is 0 Å². The van der Waals surface area contributed by atoms with Crippen LogP contribution in [0, 0.1) is 0 Å². The minimum absolute atomic E-state index is 0.0499. The number of fused-ring (bicyclic) bond motifs is 1. The van der Waals surface area contributed by atoms with E-state index in [2.05, 4.69) is 5.32 Å². The summed E-state index contributed by atoms with van der Waals surface area (Å²) >= 11 is 1.41. The highest BCUT2D eigenvalue weighted by atomic mass is 32.1. The first-order valence-electron chi connectivity index (χ1n) is 8.36. The van der Waals surface area contributed by atoms with E-state index in [0.29, 0.717) is 17.8 Å². The molecule has 0 bridgehead atoms. The Labute approximate surface area is 150 Å². The van der Waals surface area contributed by atoms with Crippen LogP contribution in [0.25, 0.3) is 10.8 Å². The topological polar surface area (TPSA) is 49.4 Å². The lowest BCUT2D eigenvalue weighted by Crippen LogP contribution is -2.42. The van der Waals surface area contributed by atoms with Crippen LogP contribution in [0.4, 0.5) is 5.69 Å². The summed E-state index contributed by atoms with van der Waals surface area (Å²) < 4.78 is 0. The quantitative estimate of drug-likeness (QED) is 0.772. The normalized spacial score (nSPS) is 17.0. The number of amides is 2. The van der Waals surface area contributed by atoms with Crippen molar-refractivity contribution in [3.63, 3.8) is 0 Å². The van der Waals surface area contributed by atoms with E-state index in [9.17, 15) is 9.59 Å². The van der Waals surface area contributed by atoms with Crippen LogP contribution < -0.4 is 5.32 Å². The fourth-order valence-electron chi connectivity index (χ4n) is 3.32. The summed E-state index contributed by atoms with van der Waals surface area (Å²) in [4.78, 5) is 27.7. The van der Waals surface area contributed by atoms with Crippen molar-refractivity contribution in [1.29, 1.82) is 0 Å². The van der Waals surface area contributed by atoms with Crippen molar-refractivity contribution in [2.75, 3.05) is 11.9 Å². The first kappa shape index (κ1) is 15.8. The molecule has 0 saturated carbocycles. The molecule has 1 N–H and O–H groups in total. The number of nitrogens with zero attached hydrogens (tertiary/aromatic N) is 1. The van der Waals surface area contributed by atoms with E-state index in [-0.39, 0.29) is 11.8 Å². The molecule has 4 rings (SSSR count). The number of hydrogen-bond donors (Lipinski definition) is 1. The van der Waals surface area contributed by atoms with Crippen molar-refractivity contribution >= 4 is 39.6 Å². The average Bonchev–Trinajstić information content (AvgIpc) is 3.33. The second kappa shape index (κ2) is 6.69. The standard InChI is InChI=1S/C20H18N2O2S/c23-19(21-16-10-9-14-5-1-2-6-15(14)13-16)17-7-3-11-22(17)20(24)18-8-4-12-25-18/h1-2,4-6,8-10,12-13,17H,3,7,11H2,(H,21,23). The van der Waals surface area contributed by atoms with E-state index in [1.54, 1.807) is 4.90 Å². The fraction of sp³-hybridized carbons (Fsp3) is 0.200. The third-order valence-electron chi connectivity index (χ3n) is 4.57. The molecule has 2 heterocycles. The van der Waals surface area contributed by atoms with E-state index in [0.717, 1.165) is 22.9 Å². The Morgan fingerprint density at radius 1 is 1.04 bits per heavy atom. The Morgan fingerprint density at radius 2 is 1.88 bits per heavy atom. The van der Waals surface area contributed by atoms with Crippen molar-refractivity contribution in [3.8, 4) is 0 Å². The predicted octanol–water partition coefficient (Wildman–Crippen LogP) is 4.14. The Hall–Kier alpha value is -2.66. The lowest BCUT2D eigenvalue weighted by Gasteiger charge is -2.23. The molecule has 5 heteroatoms. The van der Waals surface area contributed by atoms with Gasteiger partial charge in [-0.15, -0.1) is 11.3 Å². The Morgan fingerprint density at radius 3 is 2.68 bits per heavy atom. The molecule has 1 saturated heterocycles. The maximum absolute atomic E-state index is 12.7. The van der Waals surface area contributed by atoms with Crippen molar-refractivity contribution in [2.24, 2.45) is 0 Å². The van der Waals surface area contributed by atoms with Crippen LogP contribution in [-0.4, -0.2) is 29.3 Å². The van der Waals surface area contributed by atoms with Gasteiger partial charge < -0.3 is 10.2 Å². The lowest BCUT2D eigenvalue weighted by molar-refractivity contribution is -0.119. The molecular formula is C20H18N2O2S. The van der Waals surface area contributed by atoms with E-state index in [1.807, 2.05) is 60.0 Å². The number of hydrogen-bond acceptors (Lipinski definition) is 3. The van der Waals surface area contributed by atoms with Gasteiger partial charge in [-0.3, -0.25) is 9.59 Å². The Balaban J connectivity index is 1.52. The van der Waals surface area contributed by atoms with Gasteiger partial charge in [-0.25, -0.2) is 0 Å². The van der Waals surface area contributed by atoms with Crippen LogP contribution in [0.15, 0.2) is 60.0 Å². The van der Waals surface area contributed by atoms with Crippen LogP contribution in [0.5, 0.6) is 0 Å². The zero-order valence-electron chi connectivity index (χ0n) is 13.6. The molecule has 1 aromatic heterocycles. The van der Waals surface area contributed by atoms with Gasteiger partial charge in [0.05, 0.1) is 4.88 Å².